The van der Waals surface area contributed by atoms with E-state index in [-0.39, 0.29) is 48.3 Å². The lowest BCUT2D eigenvalue weighted by Crippen LogP contribution is -2.45. The fraction of sp³-hybridized carbons (Fsp3) is 0.333. The van der Waals surface area contributed by atoms with Gasteiger partial charge in [-0.15, -0.1) is 24.0 Å². The molecule has 0 aliphatic carbocycles. The highest BCUT2D eigenvalue weighted by atomic mass is 127. The summed E-state index contributed by atoms with van der Waals surface area (Å²) in [7, 11) is 1.60. The van der Waals surface area contributed by atoms with Crippen molar-refractivity contribution in [3.63, 3.8) is 0 Å². The van der Waals surface area contributed by atoms with Gasteiger partial charge in [-0.2, -0.15) is 0 Å². The summed E-state index contributed by atoms with van der Waals surface area (Å²) in [5.74, 6) is 0.722. The molecule has 2 aromatic rings. The van der Waals surface area contributed by atoms with E-state index in [0.29, 0.717) is 24.8 Å². The van der Waals surface area contributed by atoms with E-state index >= 15 is 0 Å². The Hall–Kier alpha value is -2.30. The number of hydrogen-bond donors (Lipinski definition) is 3. The fourth-order valence-electron chi connectivity index (χ4n) is 2.09. The maximum Gasteiger partial charge on any atom is 0.239 e. The van der Waals surface area contributed by atoms with Gasteiger partial charge in [0.1, 0.15) is 11.9 Å². The number of halogens is 2. The summed E-state index contributed by atoms with van der Waals surface area (Å²) in [5.41, 5.74) is 0. The van der Waals surface area contributed by atoms with Gasteiger partial charge in [-0.1, -0.05) is 12.1 Å². The number of amides is 1. The molecule has 1 aromatic heterocycles. The Kier molecular flexibility index (Phi) is 10.2. The minimum atomic E-state index is -0.407. The van der Waals surface area contributed by atoms with Gasteiger partial charge in [0.25, 0.3) is 0 Å². The molecule has 1 heterocycles. The van der Waals surface area contributed by atoms with E-state index in [1.165, 1.54) is 6.07 Å². The number of para-hydroxylation sites is 1. The number of hydrogen-bond acceptors (Lipinski definition) is 4. The minimum Gasteiger partial charge on any atom is -0.486 e. The molecule has 7 nitrogen and oxygen atoms in total. The Balaban J connectivity index is 0.00000364. The molecular formula is C18H24FIN4O3. The van der Waals surface area contributed by atoms with Crippen molar-refractivity contribution in [3.8, 4) is 5.75 Å². The Bertz CT molecular complexity index is 725. The summed E-state index contributed by atoms with van der Waals surface area (Å²) in [6.45, 7) is 2.58. The standard InChI is InChI=1S/C18H23FN4O3.HI/c1-13(26-16-8-4-3-7-15(16)19)10-22-18(20-2)23-12-17(24)21-11-14-6-5-9-25-14;/h3-9,13H,10-12H2,1-2H3,(H,21,24)(H2,20,22,23);1H. The van der Waals surface area contributed by atoms with Crippen LogP contribution in [0.25, 0.3) is 0 Å². The Morgan fingerprint density at radius 1 is 1.22 bits per heavy atom. The molecule has 0 fully saturated rings. The van der Waals surface area contributed by atoms with Crippen molar-refractivity contribution in [2.45, 2.75) is 19.6 Å². The second-order valence-electron chi connectivity index (χ2n) is 5.52. The molecule has 0 aliphatic rings. The highest BCUT2D eigenvalue weighted by Crippen LogP contribution is 2.16. The molecule has 0 saturated carbocycles. The van der Waals surface area contributed by atoms with Crippen molar-refractivity contribution in [2.24, 2.45) is 4.99 Å². The average molecular weight is 490 g/mol. The molecule has 2 rings (SSSR count). The Labute approximate surface area is 174 Å². The van der Waals surface area contributed by atoms with Crippen molar-refractivity contribution in [3.05, 3.63) is 54.2 Å². The van der Waals surface area contributed by atoms with Crippen LogP contribution in [0.1, 0.15) is 12.7 Å². The number of benzene rings is 1. The molecule has 1 aromatic carbocycles. The highest BCUT2D eigenvalue weighted by molar-refractivity contribution is 14.0. The number of aliphatic imine (C=N–C) groups is 1. The van der Waals surface area contributed by atoms with Crippen molar-refractivity contribution in [1.29, 1.82) is 0 Å². The number of carbonyl (C=O) groups is 1. The Morgan fingerprint density at radius 2 is 2.00 bits per heavy atom. The van der Waals surface area contributed by atoms with Crippen LogP contribution in [0.15, 0.2) is 52.1 Å². The molecule has 0 radical (unpaired) electrons. The summed E-state index contributed by atoms with van der Waals surface area (Å²) in [4.78, 5) is 15.8. The van der Waals surface area contributed by atoms with E-state index in [2.05, 4.69) is 20.9 Å². The first-order valence-electron chi connectivity index (χ1n) is 8.23. The second-order valence-corrected chi connectivity index (χ2v) is 5.52. The van der Waals surface area contributed by atoms with Gasteiger partial charge in [0.2, 0.25) is 5.91 Å². The lowest BCUT2D eigenvalue weighted by Gasteiger charge is -2.18. The second kappa shape index (κ2) is 12.2. The van der Waals surface area contributed by atoms with Gasteiger partial charge >= 0.3 is 0 Å². The average Bonchev–Trinajstić information content (AvgIpc) is 3.15. The van der Waals surface area contributed by atoms with Crippen molar-refractivity contribution < 1.29 is 18.3 Å². The Morgan fingerprint density at radius 3 is 2.67 bits per heavy atom. The maximum absolute atomic E-state index is 13.6. The van der Waals surface area contributed by atoms with E-state index in [4.69, 9.17) is 9.15 Å². The smallest absolute Gasteiger partial charge is 0.239 e. The third kappa shape index (κ3) is 8.29. The topological polar surface area (TPSA) is 87.9 Å². The van der Waals surface area contributed by atoms with Crippen LogP contribution in [-0.2, 0) is 11.3 Å². The number of guanidine groups is 1. The van der Waals surface area contributed by atoms with Gasteiger partial charge in [0, 0.05) is 7.05 Å². The number of ether oxygens (including phenoxy) is 1. The van der Waals surface area contributed by atoms with Gasteiger partial charge < -0.3 is 25.1 Å². The van der Waals surface area contributed by atoms with Gasteiger partial charge in [0.15, 0.2) is 17.5 Å². The van der Waals surface area contributed by atoms with Crippen molar-refractivity contribution in [2.75, 3.05) is 20.1 Å². The van der Waals surface area contributed by atoms with Crippen LogP contribution in [-0.4, -0.2) is 38.1 Å². The van der Waals surface area contributed by atoms with Crippen LogP contribution in [0, 0.1) is 5.82 Å². The number of nitrogens with zero attached hydrogens (tertiary/aromatic N) is 1. The third-order valence-corrected chi connectivity index (χ3v) is 3.40. The number of carbonyl (C=O) groups excluding carboxylic acids is 1. The van der Waals surface area contributed by atoms with E-state index < -0.39 is 5.82 Å². The predicted octanol–water partition coefficient (Wildman–Crippen LogP) is 2.29. The summed E-state index contributed by atoms with van der Waals surface area (Å²) in [6, 6.07) is 9.77. The highest BCUT2D eigenvalue weighted by Gasteiger charge is 2.09. The summed E-state index contributed by atoms with van der Waals surface area (Å²) < 4.78 is 24.2. The molecule has 148 valence electrons. The van der Waals surface area contributed by atoms with E-state index in [9.17, 15) is 9.18 Å². The number of nitrogens with one attached hydrogen (secondary N) is 3. The van der Waals surface area contributed by atoms with Crippen LogP contribution in [0.3, 0.4) is 0 Å². The minimum absolute atomic E-state index is 0. The predicted molar refractivity (Wildman–Crippen MR) is 112 cm³/mol. The molecule has 0 saturated heterocycles. The maximum atomic E-state index is 13.6. The molecule has 1 amide bonds. The number of rotatable bonds is 8. The normalized spacial score (nSPS) is 11.9. The SMILES string of the molecule is CN=C(NCC(=O)NCc1ccco1)NCC(C)Oc1ccccc1F.I. The van der Waals surface area contributed by atoms with Crippen LogP contribution < -0.4 is 20.7 Å². The molecular weight excluding hydrogens is 466 g/mol. The molecule has 0 spiro atoms. The zero-order valence-electron chi connectivity index (χ0n) is 15.2. The molecule has 1 unspecified atom stereocenters. The summed E-state index contributed by atoms with van der Waals surface area (Å²) >= 11 is 0. The monoisotopic (exact) mass is 490 g/mol. The van der Waals surface area contributed by atoms with E-state index in [1.54, 1.807) is 43.6 Å². The molecule has 3 N–H and O–H groups in total. The lowest BCUT2D eigenvalue weighted by molar-refractivity contribution is -0.120. The van der Waals surface area contributed by atoms with Gasteiger partial charge in [-0.05, 0) is 31.2 Å². The van der Waals surface area contributed by atoms with E-state index in [0.717, 1.165) is 0 Å². The fourth-order valence-corrected chi connectivity index (χ4v) is 2.09. The number of furan rings is 1. The molecule has 0 bridgehead atoms. The summed E-state index contributed by atoms with van der Waals surface area (Å²) in [5, 5.41) is 8.65. The zero-order chi connectivity index (χ0) is 18.8. The molecule has 0 aliphatic heterocycles. The first kappa shape index (κ1) is 22.7. The molecule has 1 atom stereocenters. The first-order chi connectivity index (χ1) is 12.6. The van der Waals surface area contributed by atoms with Crippen LogP contribution in [0.2, 0.25) is 0 Å². The van der Waals surface area contributed by atoms with E-state index in [1.807, 2.05) is 6.92 Å². The quantitative estimate of drug-likeness (QED) is 0.300. The van der Waals surface area contributed by atoms with Crippen LogP contribution in [0.4, 0.5) is 4.39 Å². The first-order valence-corrected chi connectivity index (χ1v) is 8.23. The molecule has 27 heavy (non-hydrogen) atoms. The largest absolute Gasteiger partial charge is 0.486 e. The summed E-state index contributed by atoms with van der Waals surface area (Å²) in [6.07, 6.45) is 1.26. The van der Waals surface area contributed by atoms with Crippen LogP contribution >= 0.6 is 24.0 Å². The van der Waals surface area contributed by atoms with Crippen molar-refractivity contribution >= 4 is 35.8 Å². The van der Waals surface area contributed by atoms with Gasteiger partial charge in [-0.25, -0.2) is 4.39 Å². The van der Waals surface area contributed by atoms with Crippen LogP contribution in [0.5, 0.6) is 5.75 Å². The molecule has 9 heteroatoms. The third-order valence-electron chi connectivity index (χ3n) is 3.40. The van der Waals surface area contributed by atoms with Gasteiger partial charge in [-0.3, -0.25) is 9.79 Å². The van der Waals surface area contributed by atoms with Gasteiger partial charge in [0.05, 0.1) is 25.9 Å². The zero-order valence-corrected chi connectivity index (χ0v) is 17.5. The lowest BCUT2D eigenvalue weighted by atomic mass is 10.3. The van der Waals surface area contributed by atoms with Crippen molar-refractivity contribution in [1.82, 2.24) is 16.0 Å².